The first kappa shape index (κ1) is 26.0. The molecule has 4 rings (SSSR count). The van der Waals surface area contributed by atoms with Crippen molar-refractivity contribution in [2.24, 2.45) is 11.8 Å². The second-order valence-electron chi connectivity index (χ2n) is 9.06. The summed E-state index contributed by atoms with van der Waals surface area (Å²) in [6.45, 7) is 0.297. The minimum atomic E-state index is -1.10. The molecule has 7 nitrogen and oxygen atoms in total. The zero-order chi connectivity index (χ0) is 26.2. The Morgan fingerprint density at radius 3 is 2.14 bits per heavy atom. The van der Waals surface area contributed by atoms with Gasteiger partial charge in [-0.25, -0.2) is 4.79 Å². The van der Waals surface area contributed by atoms with Crippen LogP contribution >= 0.6 is 0 Å². The summed E-state index contributed by atoms with van der Waals surface area (Å²) in [5, 5.41) is 30.8. The molecule has 0 radical (unpaired) electrons. The third-order valence-corrected chi connectivity index (χ3v) is 6.55. The Bertz CT molecular complexity index is 1210. The first-order chi connectivity index (χ1) is 17.9. The van der Waals surface area contributed by atoms with E-state index in [2.05, 4.69) is 0 Å². The Kier molecular flexibility index (Phi) is 8.59. The van der Waals surface area contributed by atoms with Crippen LogP contribution in [-0.4, -0.2) is 46.1 Å². The number of aliphatic hydroxyl groups is 2. The number of carbonyl (C=O) groups is 2. The summed E-state index contributed by atoms with van der Waals surface area (Å²) in [5.74, 6) is -2.75. The number of benzene rings is 3. The summed E-state index contributed by atoms with van der Waals surface area (Å²) in [4.78, 5) is 24.4. The standard InChI is InChI=1S/C30H30O7/c31-25(12-7-17-36-23-10-5-2-6-11-23)29-24(18-28(33)34)26(32)19-27(29)37-30(35)22-15-13-21(14-16-22)20-8-3-1-4-9-20/h1-6,8-16,24,26-27,29,31-32H,7,17-19H2,(H,33,34)/t24-,26-,27-,29-/m0/s1. The number of esters is 1. The smallest absolute Gasteiger partial charge is 0.338 e. The predicted octanol–water partition coefficient (Wildman–Crippen LogP) is 5.26. The van der Waals surface area contributed by atoms with Gasteiger partial charge < -0.3 is 24.8 Å². The number of aliphatic carboxylic acids is 1. The molecule has 192 valence electrons. The van der Waals surface area contributed by atoms with Gasteiger partial charge in [-0.1, -0.05) is 60.7 Å². The van der Waals surface area contributed by atoms with Crippen molar-refractivity contribution in [3.63, 3.8) is 0 Å². The molecule has 7 heteroatoms. The van der Waals surface area contributed by atoms with Crippen LogP contribution in [0.4, 0.5) is 0 Å². The zero-order valence-electron chi connectivity index (χ0n) is 20.3. The van der Waals surface area contributed by atoms with E-state index in [4.69, 9.17) is 9.47 Å². The molecule has 3 N–H and O–H groups in total. The lowest BCUT2D eigenvalue weighted by molar-refractivity contribution is -0.139. The fourth-order valence-corrected chi connectivity index (χ4v) is 4.74. The number of carbonyl (C=O) groups excluding carboxylic acids is 1. The molecule has 0 spiro atoms. The summed E-state index contributed by atoms with van der Waals surface area (Å²) >= 11 is 0. The first-order valence-corrected chi connectivity index (χ1v) is 12.3. The van der Waals surface area contributed by atoms with Crippen molar-refractivity contribution in [3.8, 4) is 16.9 Å². The maximum atomic E-state index is 12.9. The van der Waals surface area contributed by atoms with Crippen molar-refractivity contribution in [3.05, 3.63) is 102 Å². The number of para-hydroxylation sites is 1. The van der Waals surface area contributed by atoms with E-state index < -0.39 is 36.0 Å². The summed E-state index contributed by atoms with van der Waals surface area (Å²) in [5.41, 5.74) is 2.30. The second-order valence-corrected chi connectivity index (χ2v) is 9.06. The van der Waals surface area contributed by atoms with Crippen molar-refractivity contribution in [2.45, 2.75) is 31.5 Å². The molecule has 4 atom stereocenters. The molecule has 3 aromatic rings. The topological polar surface area (TPSA) is 113 Å². The molecule has 3 aromatic carbocycles. The molecule has 1 saturated carbocycles. The van der Waals surface area contributed by atoms with Gasteiger partial charge in [0, 0.05) is 18.8 Å². The van der Waals surface area contributed by atoms with Gasteiger partial charge in [-0.05, 0) is 41.5 Å². The highest BCUT2D eigenvalue weighted by molar-refractivity contribution is 5.90. The Balaban J connectivity index is 1.45. The van der Waals surface area contributed by atoms with Gasteiger partial charge in [-0.15, -0.1) is 0 Å². The number of aliphatic hydroxyl groups excluding tert-OH is 2. The Hall–Kier alpha value is -4.10. The molecule has 1 fully saturated rings. The van der Waals surface area contributed by atoms with E-state index in [-0.39, 0.29) is 18.6 Å². The van der Waals surface area contributed by atoms with Crippen molar-refractivity contribution >= 4 is 11.9 Å². The van der Waals surface area contributed by atoms with Gasteiger partial charge in [0.05, 0.1) is 36.4 Å². The largest absolute Gasteiger partial charge is 0.512 e. The van der Waals surface area contributed by atoms with E-state index in [1.54, 1.807) is 12.1 Å². The Morgan fingerprint density at radius 2 is 1.49 bits per heavy atom. The summed E-state index contributed by atoms with van der Waals surface area (Å²) in [6, 6.07) is 26.0. The fourth-order valence-electron chi connectivity index (χ4n) is 4.74. The van der Waals surface area contributed by atoms with E-state index in [0.29, 0.717) is 24.3 Å². The molecule has 0 aromatic heterocycles. The van der Waals surface area contributed by atoms with Gasteiger partial charge in [0.1, 0.15) is 11.9 Å². The lowest BCUT2D eigenvalue weighted by Gasteiger charge is -2.24. The minimum Gasteiger partial charge on any atom is -0.512 e. The highest BCUT2D eigenvalue weighted by atomic mass is 16.5. The van der Waals surface area contributed by atoms with Crippen molar-refractivity contribution in [1.29, 1.82) is 0 Å². The van der Waals surface area contributed by atoms with Crippen LogP contribution in [0.1, 0.15) is 29.6 Å². The fraction of sp³-hybridized carbons (Fsp3) is 0.267. The maximum absolute atomic E-state index is 12.9. The molecule has 0 amide bonds. The zero-order valence-corrected chi connectivity index (χ0v) is 20.3. The monoisotopic (exact) mass is 502 g/mol. The number of hydrogen-bond donors (Lipinski definition) is 3. The van der Waals surface area contributed by atoms with Gasteiger partial charge in [0.25, 0.3) is 0 Å². The van der Waals surface area contributed by atoms with Crippen molar-refractivity contribution in [1.82, 2.24) is 0 Å². The van der Waals surface area contributed by atoms with E-state index in [1.165, 1.54) is 6.08 Å². The van der Waals surface area contributed by atoms with E-state index >= 15 is 0 Å². The van der Waals surface area contributed by atoms with Crippen LogP contribution in [0, 0.1) is 11.8 Å². The van der Waals surface area contributed by atoms with Crippen LogP contribution in [0.15, 0.2) is 96.8 Å². The van der Waals surface area contributed by atoms with Crippen LogP contribution in [0.5, 0.6) is 5.75 Å². The Morgan fingerprint density at radius 1 is 0.865 bits per heavy atom. The van der Waals surface area contributed by atoms with Crippen LogP contribution in [0.3, 0.4) is 0 Å². The third kappa shape index (κ3) is 6.77. The lowest BCUT2D eigenvalue weighted by atomic mass is 9.88. The van der Waals surface area contributed by atoms with Crippen molar-refractivity contribution < 1.29 is 34.4 Å². The molecule has 1 aliphatic carbocycles. The first-order valence-electron chi connectivity index (χ1n) is 12.3. The predicted molar refractivity (Wildman–Crippen MR) is 138 cm³/mol. The summed E-state index contributed by atoms with van der Waals surface area (Å²) < 4.78 is 11.3. The average molecular weight is 503 g/mol. The van der Waals surface area contributed by atoms with Crippen molar-refractivity contribution in [2.75, 3.05) is 6.61 Å². The minimum absolute atomic E-state index is 0.0366. The molecule has 0 aliphatic heterocycles. The SMILES string of the molecule is O=C(O)C[C@@H]1[C@@H](C(O)=CCCOc2ccccc2)[C@@H](OC(=O)c2ccc(-c3ccccc3)cc2)C[C@@H]1O. The normalized spacial score (nSPS) is 21.4. The number of ether oxygens (including phenoxy) is 2. The van der Waals surface area contributed by atoms with Crippen LogP contribution in [0.25, 0.3) is 11.1 Å². The van der Waals surface area contributed by atoms with Crippen LogP contribution in [-0.2, 0) is 9.53 Å². The quantitative estimate of drug-likeness (QED) is 0.197. The molecule has 0 heterocycles. The molecular formula is C30H30O7. The number of rotatable bonds is 10. The highest BCUT2D eigenvalue weighted by Gasteiger charge is 2.47. The van der Waals surface area contributed by atoms with Crippen LogP contribution < -0.4 is 4.74 Å². The molecule has 0 bridgehead atoms. The Labute approximate surface area is 215 Å². The molecule has 1 aliphatic rings. The van der Waals surface area contributed by atoms with Gasteiger partial charge in [-0.3, -0.25) is 4.79 Å². The van der Waals surface area contributed by atoms with Gasteiger partial charge in [0.15, 0.2) is 0 Å². The highest BCUT2D eigenvalue weighted by Crippen LogP contribution is 2.41. The van der Waals surface area contributed by atoms with E-state index in [0.717, 1.165) is 11.1 Å². The van der Waals surface area contributed by atoms with Crippen LogP contribution in [0.2, 0.25) is 0 Å². The molecular weight excluding hydrogens is 472 g/mol. The maximum Gasteiger partial charge on any atom is 0.338 e. The van der Waals surface area contributed by atoms with Gasteiger partial charge >= 0.3 is 11.9 Å². The van der Waals surface area contributed by atoms with Gasteiger partial charge in [0.2, 0.25) is 0 Å². The number of carboxylic acid groups (broad SMARTS) is 1. The van der Waals surface area contributed by atoms with Gasteiger partial charge in [-0.2, -0.15) is 0 Å². The molecule has 0 unspecified atom stereocenters. The number of carboxylic acids is 1. The van der Waals surface area contributed by atoms with E-state index in [1.807, 2.05) is 72.8 Å². The molecule has 0 saturated heterocycles. The lowest BCUT2D eigenvalue weighted by Crippen LogP contribution is -2.29. The third-order valence-electron chi connectivity index (χ3n) is 6.55. The summed E-state index contributed by atoms with van der Waals surface area (Å²) in [6.07, 6.45) is -0.327. The number of hydrogen-bond acceptors (Lipinski definition) is 6. The second kappa shape index (κ2) is 12.2. The molecule has 37 heavy (non-hydrogen) atoms. The average Bonchev–Trinajstić information content (AvgIpc) is 3.21. The van der Waals surface area contributed by atoms with E-state index in [9.17, 15) is 24.9 Å². The summed E-state index contributed by atoms with van der Waals surface area (Å²) in [7, 11) is 0.